The van der Waals surface area contributed by atoms with Crippen LogP contribution in [0.15, 0.2) is 0 Å². The Hall–Kier alpha value is -1.06. The maximum absolute atomic E-state index is 12.0. The van der Waals surface area contributed by atoms with Gasteiger partial charge in [0.25, 0.3) is 5.91 Å². The summed E-state index contributed by atoms with van der Waals surface area (Å²) in [6.45, 7) is 4.12. The second-order valence-corrected chi connectivity index (χ2v) is 5.47. The highest BCUT2D eigenvalue weighted by atomic mass is 16.2. The highest BCUT2D eigenvalue weighted by Gasteiger charge is 2.44. The average Bonchev–Trinajstić information content (AvgIpc) is 2.42. The number of carbonyl (C=O) groups is 2. The zero-order valence-corrected chi connectivity index (χ0v) is 10.1. The minimum atomic E-state index is -0.717. The molecule has 0 bridgehead atoms. The summed E-state index contributed by atoms with van der Waals surface area (Å²) in [5.41, 5.74) is -0.717. The quantitative estimate of drug-likeness (QED) is 0.728. The third-order valence-corrected chi connectivity index (χ3v) is 3.61. The van der Waals surface area contributed by atoms with Gasteiger partial charge in [-0.05, 0) is 32.6 Å². The van der Waals surface area contributed by atoms with Crippen LogP contribution in [0.3, 0.4) is 0 Å². The van der Waals surface area contributed by atoms with Crippen LogP contribution in [-0.2, 0) is 4.79 Å². The van der Waals surface area contributed by atoms with Crippen LogP contribution < -0.4 is 5.32 Å². The van der Waals surface area contributed by atoms with E-state index in [1.807, 2.05) is 0 Å². The van der Waals surface area contributed by atoms with Gasteiger partial charge in [-0.2, -0.15) is 0 Å². The van der Waals surface area contributed by atoms with Crippen LogP contribution in [0, 0.1) is 5.92 Å². The summed E-state index contributed by atoms with van der Waals surface area (Å²) in [4.78, 5) is 25.0. The molecular weight excluding hydrogens is 204 g/mol. The second kappa shape index (κ2) is 4.07. The Balaban J connectivity index is 1.99. The molecule has 16 heavy (non-hydrogen) atoms. The number of nitrogens with zero attached hydrogens (tertiary/aromatic N) is 1. The van der Waals surface area contributed by atoms with E-state index in [-0.39, 0.29) is 11.9 Å². The van der Waals surface area contributed by atoms with Crippen molar-refractivity contribution >= 4 is 11.9 Å². The number of hydrogen-bond donors (Lipinski definition) is 1. The van der Waals surface area contributed by atoms with E-state index in [9.17, 15) is 9.59 Å². The summed E-state index contributed by atoms with van der Waals surface area (Å²) >= 11 is 0. The molecule has 1 saturated heterocycles. The Morgan fingerprint density at radius 3 is 2.38 bits per heavy atom. The third kappa shape index (κ3) is 2.06. The van der Waals surface area contributed by atoms with E-state index in [0.29, 0.717) is 12.5 Å². The fourth-order valence-corrected chi connectivity index (χ4v) is 2.61. The summed E-state index contributed by atoms with van der Waals surface area (Å²) < 4.78 is 0. The molecule has 1 aliphatic carbocycles. The summed E-state index contributed by atoms with van der Waals surface area (Å²) in [5, 5.41) is 2.72. The normalized spacial score (nSPS) is 26.0. The number of nitrogens with one attached hydrogen (secondary N) is 1. The fourth-order valence-electron chi connectivity index (χ4n) is 2.61. The fraction of sp³-hybridized carbons (Fsp3) is 0.833. The third-order valence-electron chi connectivity index (χ3n) is 3.61. The van der Waals surface area contributed by atoms with Crippen LogP contribution >= 0.6 is 0 Å². The molecule has 2 fully saturated rings. The predicted octanol–water partition coefficient (Wildman–Crippen LogP) is 1.90. The molecule has 1 aliphatic heterocycles. The van der Waals surface area contributed by atoms with E-state index in [1.165, 1.54) is 24.2 Å². The van der Waals surface area contributed by atoms with E-state index >= 15 is 0 Å². The van der Waals surface area contributed by atoms with Crippen molar-refractivity contribution in [2.24, 2.45) is 5.92 Å². The molecule has 2 rings (SSSR count). The molecule has 0 radical (unpaired) electrons. The maximum atomic E-state index is 12.0. The van der Waals surface area contributed by atoms with Gasteiger partial charge in [0.1, 0.15) is 5.54 Å². The zero-order chi connectivity index (χ0) is 11.8. The van der Waals surface area contributed by atoms with Gasteiger partial charge in [-0.25, -0.2) is 4.79 Å². The van der Waals surface area contributed by atoms with Crippen LogP contribution in [0.2, 0.25) is 0 Å². The lowest BCUT2D eigenvalue weighted by Crippen LogP contribution is -2.41. The topological polar surface area (TPSA) is 49.4 Å². The first kappa shape index (κ1) is 11.4. The Morgan fingerprint density at radius 2 is 1.88 bits per heavy atom. The van der Waals surface area contributed by atoms with E-state index in [1.54, 1.807) is 13.8 Å². The average molecular weight is 224 g/mol. The predicted molar refractivity (Wildman–Crippen MR) is 60.9 cm³/mol. The van der Waals surface area contributed by atoms with Crippen molar-refractivity contribution in [2.45, 2.75) is 51.5 Å². The molecule has 1 heterocycles. The number of carbonyl (C=O) groups excluding carboxylic acids is 2. The van der Waals surface area contributed by atoms with Crippen molar-refractivity contribution in [3.8, 4) is 0 Å². The summed E-state index contributed by atoms with van der Waals surface area (Å²) in [6.07, 6.45) is 6.06. The molecule has 4 heteroatoms. The molecule has 0 spiro atoms. The van der Waals surface area contributed by atoms with Crippen molar-refractivity contribution < 1.29 is 9.59 Å². The minimum Gasteiger partial charge on any atom is -0.324 e. The van der Waals surface area contributed by atoms with E-state index < -0.39 is 5.54 Å². The van der Waals surface area contributed by atoms with Crippen molar-refractivity contribution in [3.63, 3.8) is 0 Å². The van der Waals surface area contributed by atoms with Gasteiger partial charge in [-0.3, -0.25) is 9.69 Å². The molecule has 0 atom stereocenters. The molecule has 90 valence electrons. The SMILES string of the molecule is CC1(C)NC(=O)N(CC2CCCCC2)C1=O. The van der Waals surface area contributed by atoms with Crippen LogP contribution in [0.4, 0.5) is 4.79 Å². The summed E-state index contributed by atoms with van der Waals surface area (Å²) in [7, 11) is 0. The first-order chi connectivity index (χ1) is 7.50. The molecule has 1 saturated carbocycles. The lowest BCUT2D eigenvalue weighted by Gasteiger charge is -2.25. The van der Waals surface area contributed by atoms with E-state index in [4.69, 9.17) is 0 Å². The molecule has 1 N–H and O–H groups in total. The molecule has 3 amide bonds. The standard InChI is InChI=1S/C12H20N2O2/c1-12(2)10(15)14(11(16)13-12)8-9-6-4-3-5-7-9/h9H,3-8H2,1-2H3,(H,13,16). The van der Waals surface area contributed by atoms with Crippen molar-refractivity contribution in [3.05, 3.63) is 0 Å². The van der Waals surface area contributed by atoms with Crippen molar-refractivity contribution in [2.75, 3.05) is 6.54 Å². The smallest absolute Gasteiger partial charge is 0.324 e. The maximum Gasteiger partial charge on any atom is 0.325 e. The number of amides is 3. The Labute approximate surface area is 96.4 Å². The Morgan fingerprint density at radius 1 is 1.25 bits per heavy atom. The van der Waals surface area contributed by atoms with Gasteiger partial charge >= 0.3 is 6.03 Å². The Bertz CT molecular complexity index is 306. The zero-order valence-electron chi connectivity index (χ0n) is 10.1. The van der Waals surface area contributed by atoms with E-state index in [2.05, 4.69) is 5.32 Å². The number of hydrogen-bond acceptors (Lipinski definition) is 2. The largest absolute Gasteiger partial charge is 0.325 e. The van der Waals surface area contributed by atoms with Gasteiger partial charge in [0.15, 0.2) is 0 Å². The lowest BCUT2D eigenvalue weighted by molar-refractivity contribution is -0.130. The summed E-state index contributed by atoms with van der Waals surface area (Å²) in [6, 6.07) is -0.222. The van der Waals surface area contributed by atoms with Gasteiger partial charge in [0.05, 0.1) is 0 Å². The van der Waals surface area contributed by atoms with Crippen LogP contribution in [0.1, 0.15) is 46.0 Å². The van der Waals surface area contributed by atoms with E-state index in [0.717, 1.165) is 12.8 Å². The number of rotatable bonds is 2. The van der Waals surface area contributed by atoms with Crippen LogP contribution in [0.5, 0.6) is 0 Å². The van der Waals surface area contributed by atoms with Crippen LogP contribution in [-0.4, -0.2) is 28.9 Å². The molecule has 0 aromatic carbocycles. The highest BCUT2D eigenvalue weighted by Crippen LogP contribution is 2.26. The molecule has 0 aromatic rings. The van der Waals surface area contributed by atoms with Gasteiger partial charge in [0.2, 0.25) is 0 Å². The van der Waals surface area contributed by atoms with Gasteiger partial charge < -0.3 is 5.32 Å². The Kier molecular flexibility index (Phi) is 2.91. The van der Waals surface area contributed by atoms with Gasteiger partial charge in [-0.15, -0.1) is 0 Å². The molecule has 2 aliphatic rings. The monoisotopic (exact) mass is 224 g/mol. The highest BCUT2D eigenvalue weighted by molar-refractivity contribution is 6.06. The van der Waals surface area contributed by atoms with Gasteiger partial charge in [0, 0.05) is 6.54 Å². The van der Waals surface area contributed by atoms with Gasteiger partial charge in [-0.1, -0.05) is 19.3 Å². The molecular formula is C12H20N2O2. The first-order valence-corrected chi connectivity index (χ1v) is 6.15. The molecule has 4 nitrogen and oxygen atoms in total. The molecule has 0 unspecified atom stereocenters. The van der Waals surface area contributed by atoms with Crippen molar-refractivity contribution in [1.29, 1.82) is 0 Å². The minimum absolute atomic E-state index is 0.0805. The number of imide groups is 1. The first-order valence-electron chi connectivity index (χ1n) is 6.15. The second-order valence-electron chi connectivity index (χ2n) is 5.47. The van der Waals surface area contributed by atoms with Crippen molar-refractivity contribution in [1.82, 2.24) is 10.2 Å². The summed E-state index contributed by atoms with van der Waals surface area (Å²) in [5.74, 6) is 0.431. The molecule has 0 aromatic heterocycles. The lowest BCUT2D eigenvalue weighted by atomic mass is 9.89. The van der Waals surface area contributed by atoms with Crippen LogP contribution in [0.25, 0.3) is 0 Å². The number of urea groups is 1.